The summed E-state index contributed by atoms with van der Waals surface area (Å²) in [7, 11) is -1.82. The highest BCUT2D eigenvalue weighted by Crippen LogP contribution is 2.28. The molecule has 0 aliphatic carbocycles. The lowest BCUT2D eigenvalue weighted by atomic mass is 10.3. The average molecular weight is 411 g/mol. The van der Waals surface area contributed by atoms with E-state index in [9.17, 15) is 17.6 Å². The Morgan fingerprint density at radius 2 is 1.75 bits per heavy atom. The summed E-state index contributed by atoms with van der Waals surface area (Å²) in [5.74, 6) is -1.14. The van der Waals surface area contributed by atoms with E-state index in [1.807, 2.05) is 13.8 Å². The standard InChI is InChI=1S/C19H22FNO6S/c1-13(2)27-15-7-5-14(6-8-15)21(12-19(22)26-4)28(23,24)16-9-10-18(25-3)17(20)11-16/h5-11,13H,12H2,1-4H3. The van der Waals surface area contributed by atoms with Crippen molar-refractivity contribution in [1.29, 1.82) is 0 Å². The molecule has 28 heavy (non-hydrogen) atoms. The van der Waals surface area contributed by atoms with Gasteiger partial charge in [-0.1, -0.05) is 0 Å². The van der Waals surface area contributed by atoms with Gasteiger partial charge in [-0.25, -0.2) is 12.8 Å². The number of sulfonamides is 1. The van der Waals surface area contributed by atoms with Crippen molar-refractivity contribution in [2.24, 2.45) is 0 Å². The minimum atomic E-state index is -4.25. The fourth-order valence-electron chi connectivity index (χ4n) is 2.39. The first-order chi connectivity index (χ1) is 13.2. The zero-order chi connectivity index (χ0) is 20.9. The van der Waals surface area contributed by atoms with Crippen LogP contribution >= 0.6 is 0 Å². The summed E-state index contributed by atoms with van der Waals surface area (Å²) >= 11 is 0. The minimum absolute atomic E-state index is 0.0528. The van der Waals surface area contributed by atoms with Gasteiger partial charge >= 0.3 is 5.97 Å². The smallest absolute Gasteiger partial charge is 0.326 e. The molecule has 2 rings (SSSR count). The van der Waals surface area contributed by atoms with Crippen molar-refractivity contribution >= 4 is 21.7 Å². The Balaban J connectivity index is 2.47. The first-order valence-electron chi connectivity index (χ1n) is 8.39. The Hall–Kier alpha value is -2.81. The molecule has 9 heteroatoms. The normalized spacial score (nSPS) is 11.2. The Morgan fingerprint density at radius 3 is 2.25 bits per heavy atom. The zero-order valence-corrected chi connectivity index (χ0v) is 16.8. The third kappa shape index (κ3) is 4.92. The molecule has 152 valence electrons. The number of carbonyl (C=O) groups is 1. The molecule has 0 aliphatic rings. The number of esters is 1. The van der Waals surface area contributed by atoms with E-state index >= 15 is 0 Å². The van der Waals surface area contributed by atoms with E-state index in [0.717, 1.165) is 17.5 Å². The van der Waals surface area contributed by atoms with Gasteiger partial charge in [0.15, 0.2) is 11.6 Å². The van der Waals surface area contributed by atoms with E-state index in [1.54, 1.807) is 12.1 Å². The highest BCUT2D eigenvalue weighted by Gasteiger charge is 2.28. The maximum absolute atomic E-state index is 14.0. The van der Waals surface area contributed by atoms with Crippen molar-refractivity contribution in [3.63, 3.8) is 0 Å². The van der Waals surface area contributed by atoms with Crippen LogP contribution in [0.5, 0.6) is 11.5 Å². The van der Waals surface area contributed by atoms with Crippen molar-refractivity contribution in [1.82, 2.24) is 0 Å². The molecule has 0 atom stereocenters. The highest BCUT2D eigenvalue weighted by atomic mass is 32.2. The molecule has 7 nitrogen and oxygen atoms in total. The van der Waals surface area contributed by atoms with Crippen LogP contribution in [-0.4, -0.2) is 41.3 Å². The van der Waals surface area contributed by atoms with Crippen LogP contribution in [0.25, 0.3) is 0 Å². The number of benzene rings is 2. The van der Waals surface area contributed by atoms with Crippen LogP contribution in [0.15, 0.2) is 47.4 Å². The molecular formula is C19H22FNO6S. The van der Waals surface area contributed by atoms with Gasteiger partial charge in [0.2, 0.25) is 0 Å². The molecule has 0 aromatic heterocycles. The number of rotatable bonds is 8. The van der Waals surface area contributed by atoms with Crippen LogP contribution in [0.2, 0.25) is 0 Å². The molecule has 0 spiro atoms. The van der Waals surface area contributed by atoms with E-state index < -0.39 is 28.4 Å². The molecule has 0 unspecified atom stereocenters. The van der Waals surface area contributed by atoms with Crippen LogP contribution in [0.1, 0.15) is 13.8 Å². The highest BCUT2D eigenvalue weighted by molar-refractivity contribution is 7.92. The molecule has 2 aromatic rings. The van der Waals surface area contributed by atoms with Crippen LogP contribution in [0.3, 0.4) is 0 Å². The summed E-state index contributed by atoms with van der Waals surface area (Å²) < 4.78 is 56.0. The van der Waals surface area contributed by atoms with Crippen LogP contribution in [0, 0.1) is 5.82 Å². The SMILES string of the molecule is COC(=O)CN(c1ccc(OC(C)C)cc1)S(=O)(=O)c1ccc(OC)c(F)c1. The maximum Gasteiger partial charge on any atom is 0.326 e. The van der Waals surface area contributed by atoms with E-state index in [0.29, 0.717) is 5.75 Å². The molecule has 0 saturated carbocycles. The summed E-state index contributed by atoms with van der Waals surface area (Å²) in [5.41, 5.74) is 0.206. The topological polar surface area (TPSA) is 82.1 Å². The van der Waals surface area contributed by atoms with Crippen molar-refractivity contribution in [2.45, 2.75) is 24.8 Å². The first-order valence-corrected chi connectivity index (χ1v) is 9.83. The Kier molecular flexibility index (Phi) is 6.85. The molecule has 0 radical (unpaired) electrons. The van der Waals surface area contributed by atoms with E-state index in [2.05, 4.69) is 4.74 Å². The molecule has 0 fully saturated rings. The second kappa shape index (κ2) is 8.92. The van der Waals surface area contributed by atoms with E-state index in [1.165, 1.54) is 31.4 Å². The molecule has 0 aliphatic heterocycles. The number of anilines is 1. The summed E-state index contributed by atoms with van der Waals surface area (Å²) in [6.45, 7) is 3.15. The van der Waals surface area contributed by atoms with Crippen LogP contribution in [0.4, 0.5) is 10.1 Å². The molecular weight excluding hydrogens is 389 g/mol. The number of hydrogen-bond acceptors (Lipinski definition) is 6. The summed E-state index contributed by atoms with van der Waals surface area (Å²) in [6, 6.07) is 9.42. The average Bonchev–Trinajstić information content (AvgIpc) is 2.66. The van der Waals surface area contributed by atoms with Gasteiger partial charge in [-0.3, -0.25) is 9.10 Å². The van der Waals surface area contributed by atoms with Gasteiger partial charge in [0, 0.05) is 0 Å². The predicted molar refractivity (Wildman–Crippen MR) is 102 cm³/mol. The molecule has 0 saturated heterocycles. The second-order valence-corrected chi connectivity index (χ2v) is 7.91. The molecule has 0 amide bonds. The Bertz CT molecular complexity index is 928. The third-order valence-corrected chi connectivity index (χ3v) is 5.48. The third-order valence-electron chi connectivity index (χ3n) is 3.71. The van der Waals surface area contributed by atoms with E-state index in [-0.39, 0.29) is 22.4 Å². The van der Waals surface area contributed by atoms with Crippen LogP contribution < -0.4 is 13.8 Å². The summed E-state index contributed by atoms with van der Waals surface area (Å²) in [4.78, 5) is 11.5. The predicted octanol–water partition coefficient (Wildman–Crippen LogP) is 2.99. The first kappa shape index (κ1) is 21.5. The lowest BCUT2D eigenvalue weighted by Crippen LogP contribution is -2.36. The fraction of sp³-hybridized carbons (Fsp3) is 0.316. The van der Waals surface area contributed by atoms with Gasteiger partial charge in [0.05, 0.1) is 30.9 Å². The van der Waals surface area contributed by atoms with Gasteiger partial charge in [0.25, 0.3) is 10.0 Å². The quantitative estimate of drug-likeness (QED) is 0.621. The number of ether oxygens (including phenoxy) is 3. The van der Waals surface area contributed by atoms with Crippen molar-refractivity contribution in [3.05, 3.63) is 48.3 Å². The van der Waals surface area contributed by atoms with Crippen molar-refractivity contribution in [3.8, 4) is 11.5 Å². The largest absolute Gasteiger partial charge is 0.494 e. The number of halogens is 1. The second-order valence-electron chi connectivity index (χ2n) is 6.04. The van der Waals surface area contributed by atoms with Gasteiger partial charge in [-0.05, 0) is 56.3 Å². The van der Waals surface area contributed by atoms with Crippen LogP contribution in [-0.2, 0) is 19.6 Å². The number of carbonyl (C=O) groups excluding carboxylic acids is 1. The van der Waals surface area contributed by atoms with Crippen molar-refractivity contribution in [2.75, 3.05) is 25.1 Å². The monoisotopic (exact) mass is 411 g/mol. The lowest BCUT2D eigenvalue weighted by Gasteiger charge is -2.24. The zero-order valence-electron chi connectivity index (χ0n) is 16.0. The van der Waals surface area contributed by atoms with Gasteiger partial charge in [-0.2, -0.15) is 0 Å². The summed E-state index contributed by atoms with van der Waals surface area (Å²) in [6.07, 6.45) is -0.0528. The number of hydrogen-bond donors (Lipinski definition) is 0. The Morgan fingerprint density at radius 1 is 1.11 bits per heavy atom. The van der Waals surface area contributed by atoms with Gasteiger partial charge in [-0.15, -0.1) is 0 Å². The number of nitrogens with zero attached hydrogens (tertiary/aromatic N) is 1. The van der Waals surface area contributed by atoms with E-state index in [4.69, 9.17) is 9.47 Å². The number of methoxy groups -OCH3 is 2. The molecule has 0 N–H and O–H groups in total. The molecule has 2 aromatic carbocycles. The summed E-state index contributed by atoms with van der Waals surface area (Å²) in [5, 5.41) is 0. The minimum Gasteiger partial charge on any atom is -0.494 e. The maximum atomic E-state index is 14.0. The fourth-order valence-corrected chi connectivity index (χ4v) is 3.82. The molecule has 0 bridgehead atoms. The van der Waals surface area contributed by atoms with Gasteiger partial charge < -0.3 is 14.2 Å². The lowest BCUT2D eigenvalue weighted by molar-refractivity contribution is -0.138. The van der Waals surface area contributed by atoms with Gasteiger partial charge in [0.1, 0.15) is 12.3 Å². The molecule has 0 heterocycles. The Labute approximate surface area is 163 Å². The van der Waals surface area contributed by atoms with Crippen molar-refractivity contribution < 1.29 is 31.8 Å².